The number of halogens is 2. The summed E-state index contributed by atoms with van der Waals surface area (Å²) in [5.74, 6) is -0.433. The Labute approximate surface area is 109 Å². The average Bonchev–Trinajstić information content (AvgIpc) is 2.70. The van der Waals surface area contributed by atoms with Crippen LogP contribution in [0.15, 0.2) is 35.7 Å². The van der Waals surface area contributed by atoms with E-state index in [2.05, 4.69) is 4.98 Å². The molecule has 0 spiro atoms. The van der Waals surface area contributed by atoms with Crippen molar-refractivity contribution in [2.24, 2.45) is 0 Å². The van der Waals surface area contributed by atoms with Gasteiger partial charge in [-0.15, -0.1) is 0 Å². The van der Waals surface area contributed by atoms with Crippen molar-refractivity contribution in [2.45, 2.75) is 11.7 Å². The molecule has 0 amide bonds. The summed E-state index contributed by atoms with van der Waals surface area (Å²) >= 11 is 5.89. The molecule has 2 aromatic rings. The summed E-state index contributed by atoms with van der Waals surface area (Å²) in [6, 6.07) is 3.98. The van der Waals surface area contributed by atoms with E-state index in [-0.39, 0.29) is 16.7 Å². The SMILES string of the molecule is CS(=O)(=O)c1nccn1Cc1ccc(F)cc1Cl. The summed E-state index contributed by atoms with van der Waals surface area (Å²) < 4.78 is 37.3. The highest BCUT2D eigenvalue weighted by Gasteiger charge is 2.15. The lowest BCUT2D eigenvalue weighted by molar-refractivity contribution is 0.578. The summed E-state index contributed by atoms with van der Waals surface area (Å²) in [5.41, 5.74) is 0.626. The van der Waals surface area contributed by atoms with E-state index in [1.54, 1.807) is 0 Å². The van der Waals surface area contributed by atoms with Crippen molar-refractivity contribution in [2.75, 3.05) is 6.26 Å². The zero-order valence-electron chi connectivity index (χ0n) is 9.47. The number of hydrogen-bond donors (Lipinski definition) is 0. The number of hydrogen-bond acceptors (Lipinski definition) is 3. The molecule has 0 N–H and O–H groups in total. The van der Waals surface area contributed by atoms with E-state index in [9.17, 15) is 12.8 Å². The third-order valence-electron chi connectivity index (χ3n) is 2.36. The van der Waals surface area contributed by atoms with E-state index in [4.69, 9.17) is 11.6 Å². The third-order valence-corrected chi connectivity index (χ3v) is 3.72. The Hall–Kier alpha value is -1.40. The molecule has 0 unspecified atom stereocenters. The van der Waals surface area contributed by atoms with Gasteiger partial charge in [0.1, 0.15) is 5.82 Å². The van der Waals surface area contributed by atoms with Crippen molar-refractivity contribution >= 4 is 21.4 Å². The molecule has 1 aromatic carbocycles. The van der Waals surface area contributed by atoms with Gasteiger partial charge >= 0.3 is 0 Å². The molecule has 1 heterocycles. The van der Waals surface area contributed by atoms with Gasteiger partial charge in [0.15, 0.2) is 0 Å². The van der Waals surface area contributed by atoms with Crippen LogP contribution in [-0.4, -0.2) is 24.2 Å². The number of rotatable bonds is 3. The number of benzene rings is 1. The maximum absolute atomic E-state index is 12.9. The maximum atomic E-state index is 12.9. The molecule has 0 saturated heterocycles. The Morgan fingerprint density at radius 1 is 1.44 bits per heavy atom. The van der Waals surface area contributed by atoms with E-state index >= 15 is 0 Å². The summed E-state index contributed by atoms with van der Waals surface area (Å²) in [4.78, 5) is 3.79. The Balaban J connectivity index is 2.38. The van der Waals surface area contributed by atoms with Crippen LogP contribution < -0.4 is 0 Å². The van der Waals surface area contributed by atoms with Crippen molar-refractivity contribution in [3.05, 3.63) is 47.0 Å². The van der Waals surface area contributed by atoms with E-state index < -0.39 is 15.7 Å². The maximum Gasteiger partial charge on any atom is 0.227 e. The molecule has 18 heavy (non-hydrogen) atoms. The smallest absolute Gasteiger partial charge is 0.227 e. The van der Waals surface area contributed by atoms with Gasteiger partial charge in [-0.2, -0.15) is 0 Å². The minimum atomic E-state index is -3.40. The molecule has 1 aromatic heterocycles. The Morgan fingerprint density at radius 3 is 2.78 bits per heavy atom. The fourth-order valence-corrected chi connectivity index (χ4v) is 2.61. The van der Waals surface area contributed by atoms with Gasteiger partial charge in [-0.25, -0.2) is 17.8 Å². The van der Waals surface area contributed by atoms with Gasteiger partial charge in [0.25, 0.3) is 0 Å². The van der Waals surface area contributed by atoms with Gasteiger partial charge in [0.05, 0.1) is 6.54 Å². The van der Waals surface area contributed by atoms with Crippen molar-refractivity contribution in [3.8, 4) is 0 Å². The topological polar surface area (TPSA) is 52.0 Å². The molecule has 0 bridgehead atoms. The van der Waals surface area contributed by atoms with Crippen LogP contribution in [0.3, 0.4) is 0 Å². The van der Waals surface area contributed by atoms with Crippen LogP contribution in [0.1, 0.15) is 5.56 Å². The van der Waals surface area contributed by atoms with Crippen molar-refractivity contribution < 1.29 is 12.8 Å². The lowest BCUT2D eigenvalue weighted by Crippen LogP contribution is -2.10. The van der Waals surface area contributed by atoms with Crippen LogP contribution in [0.4, 0.5) is 4.39 Å². The second-order valence-corrected chi connectivity index (χ2v) is 6.16. The molecular weight excluding hydrogens is 279 g/mol. The van der Waals surface area contributed by atoms with Crippen molar-refractivity contribution in [1.29, 1.82) is 0 Å². The Kier molecular flexibility index (Phi) is 3.41. The average molecular weight is 289 g/mol. The van der Waals surface area contributed by atoms with Gasteiger partial charge in [-0.3, -0.25) is 0 Å². The second-order valence-electron chi connectivity index (χ2n) is 3.85. The van der Waals surface area contributed by atoms with Gasteiger partial charge in [0, 0.05) is 23.7 Å². The van der Waals surface area contributed by atoms with Gasteiger partial charge in [0.2, 0.25) is 15.0 Å². The molecule has 0 fully saturated rings. The summed E-state index contributed by atoms with van der Waals surface area (Å²) in [5, 5.41) is 0.214. The molecule has 0 atom stereocenters. The van der Waals surface area contributed by atoms with Gasteiger partial charge < -0.3 is 4.57 Å². The fraction of sp³-hybridized carbons (Fsp3) is 0.182. The largest absolute Gasteiger partial charge is 0.317 e. The van der Waals surface area contributed by atoms with Gasteiger partial charge in [-0.05, 0) is 17.7 Å². The molecule has 7 heteroatoms. The summed E-state index contributed by atoms with van der Waals surface area (Å²) in [6.45, 7) is 0.224. The number of nitrogens with zero attached hydrogens (tertiary/aromatic N) is 2. The zero-order chi connectivity index (χ0) is 13.3. The monoisotopic (exact) mass is 288 g/mol. The number of imidazole rings is 1. The minimum absolute atomic E-state index is 0.0390. The number of sulfone groups is 1. The Bertz CT molecular complexity index is 682. The van der Waals surface area contributed by atoms with Crippen molar-refractivity contribution in [1.82, 2.24) is 9.55 Å². The quantitative estimate of drug-likeness (QED) is 0.869. The second kappa shape index (κ2) is 4.70. The van der Waals surface area contributed by atoms with E-state index in [0.717, 1.165) is 6.26 Å². The number of aromatic nitrogens is 2. The van der Waals surface area contributed by atoms with Crippen LogP contribution >= 0.6 is 11.6 Å². The first-order valence-electron chi connectivity index (χ1n) is 5.03. The van der Waals surface area contributed by atoms with Crippen LogP contribution in [0.5, 0.6) is 0 Å². The molecule has 0 aliphatic rings. The van der Waals surface area contributed by atoms with E-state index in [1.807, 2.05) is 0 Å². The molecule has 0 radical (unpaired) electrons. The van der Waals surface area contributed by atoms with Crippen molar-refractivity contribution in [3.63, 3.8) is 0 Å². The van der Waals surface area contributed by atoms with E-state index in [0.29, 0.717) is 5.56 Å². The lowest BCUT2D eigenvalue weighted by atomic mass is 10.2. The van der Waals surface area contributed by atoms with Crippen LogP contribution in [-0.2, 0) is 16.4 Å². The normalized spacial score (nSPS) is 11.7. The van der Waals surface area contributed by atoms with Crippen LogP contribution in [0.2, 0.25) is 5.02 Å². The summed E-state index contributed by atoms with van der Waals surface area (Å²) in [6.07, 6.45) is 4.02. The highest BCUT2D eigenvalue weighted by atomic mass is 35.5. The molecule has 96 valence electrons. The highest BCUT2D eigenvalue weighted by Crippen LogP contribution is 2.19. The first-order valence-corrected chi connectivity index (χ1v) is 7.30. The van der Waals surface area contributed by atoms with Crippen LogP contribution in [0.25, 0.3) is 0 Å². The predicted octanol–water partition coefficient (Wildman–Crippen LogP) is 2.13. The third kappa shape index (κ3) is 2.70. The molecular formula is C11H10ClFN2O2S. The Morgan fingerprint density at radius 2 is 2.17 bits per heavy atom. The minimum Gasteiger partial charge on any atom is -0.317 e. The van der Waals surface area contributed by atoms with E-state index in [1.165, 1.54) is 35.2 Å². The molecule has 0 aliphatic heterocycles. The first-order chi connectivity index (χ1) is 8.38. The zero-order valence-corrected chi connectivity index (χ0v) is 11.0. The molecule has 4 nitrogen and oxygen atoms in total. The highest BCUT2D eigenvalue weighted by molar-refractivity contribution is 7.90. The van der Waals surface area contributed by atoms with Crippen LogP contribution in [0, 0.1) is 5.82 Å². The molecule has 2 rings (SSSR count). The standard InChI is InChI=1S/C11H10ClFN2O2S/c1-18(16,17)11-14-4-5-15(11)7-8-2-3-9(13)6-10(8)12/h2-6H,7H2,1H3. The predicted molar refractivity (Wildman–Crippen MR) is 65.8 cm³/mol. The fourth-order valence-electron chi connectivity index (χ4n) is 1.58. The molecule has 0 aliphatic carbocycles. The van der Waals surface area contributed by atoms with Gasteiger partial charge in [-0.1, -0.05) is 17.7 Å². The first kappa shape index (κ1) is 13.0. The lowest BCUT2D eigenvalue weighted by Gasteiger charge is -2.08. The summed E-state index contributed by atoms with van der Waals surface area (Å²) in [7, 11) is -3.40. The molecule has 0 saturated carbocycles.